The topological polar surface area (TPSA) is 69.1 Å². The first kappa shape index (κ1) is 25.8. The molecule has 3 N–H and O–H groups in total. The molecule has 2 rings (SSSR count). The summed E-state index contributed by atoms with van der Waals surface area (Å²) in [5.41, 5.74) is 0.598. The minimum atomic E-state index is -2.86. The number of ether oxygens (including phenoxy) is 1. The first-order chi connectivity index (χ1) is 13.4. The predicted molar refractivity (Wildman–Crippen MR) is 122 cm³/mol. The van der Waals surface area contributed by atoms with Crippen LogP contribution in [0.15, 0.2) is 29.3 Å². The smallest absolute Gasteiger partial charge is 0.387 e. The van der Waals surface area contributed by atoms with Crippen molar-refractivity contribution < 1.29 is 18.6 Å². The Morgan fingerprint density at radius 1 is 1.24 bits per heavy atom. The number of alkyl halides is 2. The Hall–Kier alpha value is -1.20. The molecule has 0 aliphatic heterocycles. The molecular weight excluding hydrogens is 493 g/mol. The second-order valence-corrected chi connectivity index (χ2v) is 7.17. The summed E-state index contributed by atoms with van der Waals surface area (Å²) in [6, 6.07) is 7.18. The standard InChI is InChI=1S/C20H32F2N4O2.HI/c1-4-23-20(24-11-12-26(14(2)3)16-7-8-16)25-13-18(27)15-5-9-17(10-6-15)28-19(21)22;/h5-6,9-10,14,16,18-19,27H,4,7-8,11-13H2,1-3H3,(H2,23,24,25);1H. The quantitative estimate of drug-likeness (QED) is 0.235. The van der Waals surface area contributed by atoms with Crippen molar-refractivity contribution in [2.75, 3.05) is 26.2 Å². The monoisotopic (exact) mass is 526 g/mol. The number of aliphatic imine (C=N–C) groups is 1. The van der Waals surface area contributed by atoms with Crippen molar-refractivity contribution in [1.29, 1.82) is 0 Å². The summed E-state index contributed by atoms with van der Waals surface area (Å²) in [4.78, 5) is 6.93. The lowest BCUT2D eigenvalue weighted by Gasteiger charge is -2.26. The Balaban J connectivity index is 0.00000420. The minimum absolute atomic E-state index is 0. The van der Waals surface area contributed by atoms with Gasteiger partial charge < -0.3 is 20.5 Å². The predicted octanol–water partition coefficient (Wildman–Crippen LogP) is 3.37. The molecule has 1 aliphatic carbocycles. The van der Waals surface area contributed by atoms with Gasteiger partial charge >= 0.3 is 6.61 Å². The number of halogens is 3. The SMILES string of the molecule is CCNC(=NCC(O)c1ccc(OC(F)F)cc1)NCCN(C(C)C)C1CC1.I. The zero-order valence-corrected chi connectivity index (χ0v) is 19.6. The number of aliphatic hydroxyl groups excluding tert-OH is 1. The van der Waals surface area contributed by atoms with E-state index in [4.69, 9.17) is 0 Å². The van der Waals surface area contributed by atoms with E-state index in [9.17, 15) is 13.9 Å². The van der Waals surface area contributed by atoms with Gasteiger partial charge in [-0.2, -0.15) is 8.78 Å². The van der Waals surface area contributed by atoms with Crippen molar-refractivity contribution in [2.45, 2.75) is 58.4 Å². The summed E-state index contributed by atoms with van der Waals surface area (Å²) in [6.07, 6.45) is 1.73. The van der Waals surface area contributed by atoms with E-state index < -0.39 is 12.7 Å². The molecule has 166 valence electrons. The van der Waals surface area contributed by atoms with Gasteiger partial charge in [-0.3, -0.25) is 9.89 Å². The lowest BCUT2D eigenvalue weighted by atomic mass is 10.1. The van der Waals surface area contributed by atoms with Crippen LogP contribution in [0.2, 0.25) is 0 Å². The maximum Gasteiger partial charge on any atom is 0.387 e. The van der Waals surface area contributed by atoms with Crippen LogP contribution in [0.25, 0.3) is 0 Å². The number of hydrogen-bond donors (Lipinski definition) is 3. The lowest BCUT2D eigenvalue weighted by molar-refractivity contribution is -0.0498. The van der Waals surface area contributed by atoms with Crippen molar-refractivity contribution in [3.8, 4) is 5.75 Å². The molecule has 1 aliphatic rings. The Morgan fingerprint density at radius 2 is 1.90 bits per heavy atom. The number of benzene rings is 1. The first-order valence-electron chi connectivity index (χ1n) is 9.91. The van der Waals surface area contributed by atoms with Gasteiger partial charge in [0.2, 0.25) is 0 Å². The number of nitrogens with zero attached hydrogens (tertiary/aromatic N) is 2. The van der Waals surface area contributed by atoms with Gasteiger partial charge in [0, 0.05) is 31.7 Å². The molecule has 9 heteroatoms. The number of guanidine groups is 1. The van der Waals surface area contributed by atoms with Crippen molar-refractivity contribution in [3.63, 3.8) is 0 Å². The molecule has 0 radical (unpaired) electrons. The van der Waals surface area contributed by atoms with Crippen molar-refractivity contribution in [2.24, 2.45) is 4.99 Å². The molecule has 1 aromatic rings. The van der Waals surface area contributed by atoms with Crippen LogP contribution in [0.5, 0.6) is 5.75 Å². The molecule has 0 spiro atoms. The van der Waals surface area contributed by atoms with Crippen LogP contribution in [0, 0.1) is 0 Å². The summed E-state index contributed by atoms with van der Waals surface area (Å²) in [7, 11) is 0. The van der Waals surface area contributed by atoms with Gasteiger partial charge in [-0.05, 0) is 51.3 Å². The van der Waals surface area contributed by atoms with Gasteiger partial charge in [-0.25, -0.2) is 0 Å². The third-order valence-electron chi connectivity index (χ3n) is 4.60. The second kappa shape index (κ2) is 13.2. The molecule has 29 heavy (non-hydrogen) atoms. The van der Waals surface area contributed by atoms with Crippen molar-refractivity contribution in [1.82, 2.24) is 15.5 Å². The molecule has 0 amide bonds. The molecule has 0 heterocycles. The molecule has 1 saturated carbocycles. The molecule has 1 unspecified atom stereocenters. The van der Waals surface area contributed by atoms with E-state index >= 15 is 0 Å². The van der Waals surface area contributed by atoms with Gasteiger partial charge in [0.05, 0.1) is 12.6 Å². The fourth-order valence-corrected chi connectivity index (χ4v) is 3.07. The van der Waals surface area contributed by atoms with Crippen LogP contribution in [-0.4, -0.2) is 60.8 Å². The molecule has 0 bridgehead atoms. The van der Waals surface area contributed by atoms with Crippen LogP contribution in [0.1, 0.15) is 45.3 Å². The van der Waals surface area contributed by atoms with Crippen LogP contribution in [0.3, 0.4) is 0 Å². The molecular formula is C20H33F2IN4O2. The van der Waals surface area contributed by atoms with E-state index in [0.29, 0.717) is 23.6 Å². The van der Waals surface area contributed by atoms with Gasteiger partial charge in [0.1, 0.15) is 5.75 Å². The highest BCUT2D eigenvalue weighted by molar-refractivity contribution is 14.0. The highest BCUT2D eigenvalue weighted by atomic mass is 127. The van der Waals surface area contributed by atoms with E-state index in [1.807, 2.05) is 6.92 Å². The summed E-state index contributed by atoms with van der Waals surface area (Å²) in [6.45, 7) is 6.16. The van der Waals surface area contributed by atoms with Gasteiger partial charge in [-0.15, -0.1) is 24.0 Å². The summed E-state index contributed by atoms with van der Waals surface area (Å²) in [5.74, 6) is 0.716. The number of aliphatic hydroxyl groups is 1. The lowest BCUT2D eigenvalue weighted by Crippen LogP contribution is -2.44. The van der Waals surface area contributed by atoms with Gasteiger partial charge in [-0.1, -0.05) is 12.1 Å². The van der Waals surface area contributed by atoms with E-state index in [0.717, 1.165) is 19.6 Å². The van der Waals surface area contributed by atoms with Crippen molar-refractivity contribution >= 4 is 29.9 Å². The Kier molecular flexibility index (Phi) is 11.7. The maximum atomic E-state index is 12.2. The fraction of sp³-hybridized carbons (Fsp3) is 0.650. The summed E-state index contributed by atoms with van der Waals surface area (Å²) >= 11 is 0. The van der Waals surface area contributed by atoms with Crippen LogP contribution < -0.4 is 15.4 Å². The molecule has 1 aromatic carbocycles. The summed E-state index contributed by atoms with van der Waals surface area (Å²) < 4.78 is 28.7. The van der Waals surface area contributed by atoms with E-state index in [2.05, 4.69) is 39.1 Å². The molecule has 0 aromatic heterocycles. The average molecular weight is 526 g/mol. The second-order valence-electron chi connectivity index (χ2n) is 7.17. The first-order valence-corrected chi connectivity index (χ1v) is 9.91. The third-order valence-corrected chi connectivity index (χ3v) is 4.60. The van der Waals surface area contributed by atoms with Gasteiger partial charge in [0.25, 0.3) is 0 Å². The van der Waals surface area contributed by atoms with E-state index in [1.165, 1.54) is 25.0 Å². The Labute approximate surface area is 189 Å². The number of hydrogen-bond acceptors (Lipinski definition) is 4. The van der Waals surface area contributed by atoms with Crippen LogP contribution in [-0.2, 0) is 0 Å². The van der Waals surface area contributed by atoms with Crippen molar-refractivity contribution in [3.05, 3.63) is 29.8 Å². The minimum Gasteiger partial charge on any atom is -0.435 e. The maximum absolute atomic E-state index is 12.2. The average Bonchev–Trinajstić information content (AvgIpc) is 3.47. The van der Waals surface area contributed by atoms with Crippen LogP contribution in [0.4, 0.5) is 8.78 Å². The summed E-state index contributed by atoms with van der Waals surface area (Å²) in [5, 5.41) is 16.8. The van der Waals surface area contributed by atoms with Gasteiger partial charge in [0.15, 0.2) is 5.96 Å². The Bertz CT molecular complexity index is 611. The molecule has 0 saturated heterocycles. The number of rotatable bonds is 11. The third kappa shape index (κ3) is 9.43. The number of nitrogens with one attached hydrogen (secondary N) is 2. The normalized spacial score (nSPS) is 15.4. The van der Waals surface area contributed by atoms with E-state index in [-0.39, 0.29) is 36.3 Å². The highest BCUT2D eigenvalue weighted by Crippen LogP contribution is 2.27. The van der Waals surface area contributed by atoms with E-state index in [1.54, 1.807) is 12.1 Å². The largest absolute Gasteiger partial charge is 0.435 e. The molecule has 1 atom stereocenters. The highest BCUT2D eigenvalue weighted by Gasteiger charge is 2.30. The fourth-order valence-electron chi connectivity index (χ4n) is 3.07. The molecule has 1 fully saturated rings. The Morgan fingerprint density at radius 3 is 2.41 bits per heavy atom. The molecule has 6 nitrogen and oxygen atoms in total. The van der Waals surface area contributed by atoms with Crippen LogP contribution >= 0.6 is 24.0 Å². The zero-order chi connectivity index (χ0) is 20.5. The zero-order valence-electron chi connectivity index (χ0n) is 17.3.